The highest BCUT2D eigenvalue weighted by Crippen LogP contribution is 2.24. The maximum Gasteiger partial charge on any atom is 0.339 e. The molecule has 2 aromatic heterocycles. The molecule has 0 aliphatic rings. The van der Waals surface area contributed by atoms with Crippen LogP contribution in [-0.2, 0) is 4.74 Å². The molecule has 0 aliphatic carbocycles. The third kappa shape index (κ3) is 3.38. The van der Waals surface area contributed by atoms with E-state index in [0.717, 1.165) is 12.3 Å². The number of aliphatic hydroxyl groups excluding tert-OH is 1. The molecule has 2 aromatic rings. The number of aliphatic hydroxyl groups is 1. The Morgan fingerprint density at radius 3 is 3.00 bits per heavy atom. The highest BCUT2D eigenvalue weighted by molar-refractivity contribution is 5.90. The molecule has 116 valence electrons. The number of methoxy groups -OCH3 is 1. The summed E-state index contributed by atoms with van der Waals surface area (Å²) >= 11 is 0. The first-order chi connectivity index (χ1) is 10.5. The molecular weight excluding hydrogens is 294 g/mol. The van der Waals surface area contributed by atoms with E-state index in [1.165, 1.54) is 13.4 Å². The van der Waals surface area contributed by atoms with Crippen molar-refractivity contribution in [2.75, 3.05) is 19.0 Å². The number of hydrogen-bond donors (Lipinski definition) is 2. The summed E-state index contributed by atoms with van der Waals surface area (Å²) in [5.41, 5.74) is -0.430. The minimum Gasteiger partial charge on any atom is -0.467 e. The van der Waals surface area contributed by atoms with Crippen molar-refractivity contribution in [3.8, 4) is 0 Å². The van der Waals surface area contributed by atoms with E-state index in [-0.39, 0.29) is 17.9 Å². The molecule has 9 nitrogen and oxygen atoms in total. The van der Waals surface area contributed by atoms with Crippen molar-refractivity contribution in [3.05, 3.63) is 52.1 Å². The van der Waals surface area contributed by atoms with Crippen LogP contribution in [0.4, 0.5) is 11.5 Å². The number of carbonyl (C=O) groups excluding carboxylic acids is 1. The molecule has 0 aliphatic heterocycles. The lowest BCUT2D eigenvalue weighted by atomic mass is 10.2. The predicted molar refractivity (Wildman–Crippen MR) is 74.4 cm³/mol. The molecule has 1 unspecified atom stereocenters. The number of esters is 1. The van der Waals surface area contributed by atoms with Crippen LogP contribution in [0.5, 0.6) is 0 Å². The van der Waals surface area contributed by atoms with Crippen molar-refractivity contribution in [2.45, 2.75) is 6.10 Å². The number of aromatic nitrogens is 1. The highest BCUT2D eigenvalue weighted by Gasteiger charge is 2.20. The fourth-order valence-corrected chi connectivity index (χ4v) is 1.73. The number of rotatable bonds is 6. The van der Waals surface area contributed by atoms with Crippen molar-refractivity contribution in [1.29, 1.82) is 0 Å². The van der Waals surface area contributed by atoms with Crippen molar-refractivity contribution in [1.82, 2.24) is 4.98 Å². The van der Waals surface area contributed by atoms with Crippen LogP contribution < -0.4 is 5.32 Å². The van der Waals surface area contributed by atoms with Crippen molar-refractivity contribution >= 4 is 17.5 Å². The number of pyridine rings is 1. The summed E-state index contributed by atoms with van der Waals surface area (Å²) in [6.45, 7) is -0.0427. The van der Waals surface area contributed by atoms with Crippen molar-refractivity contribution in [3.63, 3.8) is 0 Å². The number of nitro groups is 1. The molecule has 0 amide bonds. The fraction of sp³-hybridized carbons (Fsp3) is 0.231. The number of carbonyl (C=O) groups is 1. The van der Waals surface area contributed by atoms with Gasteiger partial charge in [0, 0.05) is 18.8 Å². The number of ether oxygens (including phenoxy) is 1. The van der Waals surface area contributed by atoms with Gasteiger partial charge in [0.25, 0.3) is 0 Å². The van der Waals surface area contributed by atoms with Crippen LogP contribution in [0.2, 0.25) is 0 Å². The molecule has 0 saturated carbocycles. The topological polar surface area (TPSA) is 128 Å². The fourth-order valence-electron chi connectivity index (χ4n) is 1.73. The number of furan rings is 1. The van der Waals surface area contributed by atoms with Crippen LogP contribution in [0.1, 0.15) is 22.2 Å². The summed E-state index contributed by atoms with van der Waals surface area (Å²) < 4.78 is 9.50. The Kier molecular flexibility index (Phi) is 4.69. The summed E-state index contributed by atoms with van der Waals surface area (Å²) in [5, 5.41) is 23.6. The molecular formula is C13H13N3O6. The van der Waals surface area contributed by atoms with E-state index in [1.54, 1.807) is 12.1 Å². The summed E-state index contributed by atoms with van der Waals surface area (Å²) in [7, 11) is 1.17. The van der Waals surface area contributed by atoms with Gasteiger partial charge in [0.15, 0.2) is 0 Å². The molecule has 0 aromatic carbocycles. The first-order valence-electron chi connectivity index (χ1n) is 6.21. The van der Waals surface area contributed by atoms with Gasteiger partial charge in [-0.15, -0.1) is 0 Å². The summed E-state index contributed by atoms with van der Waals surface area (Å²) in [6.07, 6.45) is 1.57. The molecule has 9 heteroatoms. The van der Waals surface area contributed by atoms with E-state index < -0.39 is 22.7 Å². The van der Waals surface area contributed by atoms with Gasteiger partial charge in [-0.2, -0.15) is 0 Å². The maximum absolute atomic E-state index is 11.4. The first kappa shape index (κ1) is 15.4. The summed E-state index contributed by atoms with van der Waals surface area (Å²) in [6, 6.07) is 4.25. The molecule has 0 spiro atoms. The molecule has 0 bridgehead atoms. The van der Waals surface area contributed by atoms with Crippen LogP contribution in [0, 0.1) is 10.1 Å². The van der Waals surface area contributed by atoms with E-state index in [9.17, 15) is 20.0 Å². The normalized spacial score (nSPS) is 11.7. The van der Waals surface area contributed by atoms with Gasteiger partial charge in [0.1, 0.15) is 11.9 Å². The van der Waals surface area contributed by atoms with Crippen LogP contribution >= 0.6 is 0 Å². The standard InChI is InChI=1S/C13H13N3O6/c1-21-13(18)8-5-9(16(19)20)12(14-6-8)15-7-10(17)11-3-2-4-22-11/h2-6,10,17H,7H2,1H3,(H,14,15). The number of anilines is 1. The second-order valence-corrected chi connectivity index (χ2v) is 4.25. The lowest BCUT2D eigenvalue weighted by Crippen LogP contribution is -2.14. The van der Waals surface area contributed by atoms with Crippen LogP contribution in [0.3, 0.4) is 0 Å². The zero-order valence-electron chi connectivity index (χ0n) is 11.6. The Morgan fingerprint density at radius 1 is 1.64 bits per heavy atom. The predicted octanol–water partition coefficient (Wildman–Crippen LogP) is 1.51. The quantitative estimate of drug-likeness (QED) is 0.467. The van der Waals surface area contributed by atoms with E-state index in [1.807, 2.05) is 0 Å². The Balaban J connectivity index is 2.16. The van der Waals surface area contributed by atoms with Gasteiger partial charge < -0.3 is 19.6 Å². The molecule has 0 radical (unpaired) electrons. The van der Waals surface area contributed by atoms with E-state index in [0.29, 0.717) is 5.76 Å². The lowest BCUT2D eigenvalue weighted by molar-refractivity contribution is -0.384. The van der Waals surface area contributed by atoms with E-state index in [2.05, 4.69) is 15.0 Å². The Bertz CT molecular complexity index is 670. The van der Waals surface area contributed by atoms with Gasteiger partial charge in [-0.3, -0.25) is 10.1 Å². The third-order valence-electron chi connectivity index (χ3n) is 2.82. The van der Waals surface area contributed by atoms with Crippen molar-refractivity contribution in [2.24, 2.45) is 0 Å². The monoisotopic (exact) mass is 307 g/mol. The largest absolute Gasteiger partial charge is 0.467 e. The second-order valence-electron chi connectivity index (χ2n) is 4.25. The second kappa shape index (κ2) is 6.68. The molecule has 1 atom stereocenters. The molecule has 2 heterocycles. The molecule has 2 rings (SSSR count). The average molecular weight is 307 g/mol. The zero-order valence-corrected chi connectivity index (χ0v) is 11.6. The smallest absolute Gasteiger partial charge is 0.339 e. The maximum atomic E-state index is 11.4. The first-order valence-corrected chi connectivity index (χ1v) is 6.21. The van der Waals surface area contributed by atoms with Crippen LogP contribution in [0.15, 0.2) is 35.1 Å². The molecule has 0 saturated heterocycles. The zero-order chi connectivity index (χ0) is 16.1. The minimum atomic E-state index is -0.989. The van der Waals surface area contributed by atoms with E-state index in [4.69, 9.17) is 4.42 Å². The van der Waals surface area contributed by atoms with Gasteiger partial charge in [0.05, 0.1) is 23.9 Å². The van der Waals surface area contributed by atoms with Gasteiger partial charge in [-0.25, -0.2) is 9.78 Å². The summed E-state index contributed by atoms with van der Waals surface area (Å²) in [5.74, 6) is -0.470. The van der Waals surface area contributed by atoms with Gasteiger partial charge in [-0.1, -0.05) is 0 Å². The molecule has 0 fully saturated rings. The van der Waals surface area contributed by atoms with Gasteiger partial charge in [-0.05, 0) is 12.1 Å². The lowest BCUT2D eigenvalue weighted by Gasteiger charge is -2.10. The Morgan fingerprint density at radius 2 is 2.41 bits per heavy atom. The average Bonchev–Trinajstić information content (AvgIpc) is 3.06. The third-order valence-corrected chi connectivity index (χ3v) is 2.82. The SMILES string of the molecule is COC(=O)c1cnc(NCC(O)c2ccco2)c([N+](=O)[O-])c1. The van der Waals surface area contributed by atoms with Crippen molar-refractivity contribution < 1.29 is 24.0 Å². The summed E-state index contributed by atoms with van der Waals surface area (Å²) in [4.78, 5) is 25.6. The van der Waals surface area contributed by atoms with Gasteiger partial charge >= 0.3 is 11.7 Å². The van der Waals surface area contributed by atoms with Gasteiger partial charge in [0.2, 0.25) is 5.82 Å². The number of hydrogen-bond acceptors (Lipinski definition) is 8. The molecule has 22 heavy (non-hydrogen) atoms. The Labute approximate surface area is 124 Å². The van der Waals surface area contributed by atoms with Crippen LogP contribution in [-0.4, -0.2) is 34.6 Å². The number of nitrogens with zero attached hydrogens (tertiary/aromatic N) is 2. The number of nitrogens with one attached hydrogen (secondary N) is 1. The highest BCUT2D eigenvalue weighted by atomic mass is 16.6. The Hall–Kier alpha value is -2.94. The molecule has 2 N–H and O–H groups in total. The van der Waals surface area contributed by atoms with E-state index >= 15 is 0 Å². The van der Waals surface area contributed by atoms with Crippen LogP contribution in [0.25, 0.3) is 0 Å². The minimum absolute atomic E-state index is 0.0358.